The average molecular weight is 461 g/mol. The second-order valence-electron chi connectivity index (χ2n) is 9.52. The lowest BCUT2D eigenvalue weighted by molar-refractivity contribution is -0.120. The SMILES string of the molecule is O=C(Cc1cn(CC2CCC2)c2ccc(-c3ccc4ncccc4c3)cc12)NCc1ccccn1. The Hall–Kier alpha value is -3.99. The van der Waals surface area contributed by atoms with Crippen LogP contribution in [0.1, 0.15) is 30.5 Å². The summed E-state index contributed by atoms with van der Waals surface area (Å²) in [7, 11) is 0. The molecule has 1 saturated carbocycles. The van der Waals surface area contributed by atoms with Gasteiger partial charge in [-0.15, -0.1) is 0 Å². The molecule has 1 N–H and O–H groups in total. The van der Waals surface area contributed by atoms with Crippen molar-refractivity contribution < 1.29 is 4.79 Å². The monoisotopic (exact) mass is 460 g/mol. The summed E-state index contributed by atoms with van der Waals surface area (Å²) in [4.78, 5) is 21.6. The first kappa shape index (κ1) is 21.5. The first-order chi connectivity index (χ1) is 17.2. The van der Waals surface area contributed by atoms with E-state index in [1.165, 1.54) is 24.8 Å². The molecule has 174 valence electrons. The molecule has 3 aromatic heterocycles. The van der Waals surface area contributed by atoms with Gasteiger partial charge < -0.3 is 9.88 Å². The number of aromatic nitrogens is 3. The van der Waals surface area contributed by atoms with Gasteiger partial charge in [-0.25, -0.2) is 0 Å². The van der Waals surface area contributed by atoms with E-state index in [0.29, 0.717) is 13.0 Å². The van der Waals surface area contributed by atoms with Crippen molar-refractivity contribution >= 4 is 27.7 Å². The molecule has 5 heteroatoms. The van der Waals surface area contributed by atoms with Crippen LogP contribution in [-0.4, -0.2) is 20.4 Å². The van der Waals surface area contributed by atoms with Crippen molar-refractivity contribution in [1.82, 2.24) is 19.9 Å². The van der Waals surface area contributed by atoms with Crippen LogP contribution < -0.4 is 5.32 Å². The molecule has 0 unspecified atom stereocenters. The maximum Gasteiger partial charge on any atom is 0.224 e. The number of pyridine rings is 2. The van der Waals surface area contributed by atoms with Gasteiger partial charge in [0.25, 0.3) is 0 Å². The molecule has 0 bridgehead atoms. The largest absolute Gasteiger partial charge is 0.350 e. The minimum absolute atomic E-state index is 0.0144. The lowest BCUT2D eigenvalue weighted by Crippen LogP contribution is -2.24. The Morgan fingerprint density at radius 1 is 0.943 bits per heavy atom. The summed E-state index contributed by atoms with van der Waals surface area (Å²) < 4.78 is 2.36. The van der Waals surface area contributed by atoms with Gasteiger partial charge in [-0.2, -0.15) is 0 Å². The van der Waals surface area contributed by atoms with Crippen LogP contribution in [-0.2, 0) is 24.3 Å². The highest BCUT2D eigenvalue weighted by Crippen LogP contribution is 2.33. The van der Waals surface area contributed by atoms with E-state index in [1.54, 1.807) is 6.20 Å². The van der Waals surface area contributed by atoms with Gasteiger partial charge in [0.15, 0.2) is 0 Å². The van der Waals surface area contributed by atoms with E-state index in [9.17, 15) is 4.79 Å². The van der Waals surface area contributed by atoms with E-state index < -0.39 is 0 Å². The number of carbonyl (C=O) groups excluding carboxylic acids is 1. The van der Waals surface area contributed by atoms with Crippen LogP contribution in [0.5, 0.6) is 0 Å². The summed E-state index contributed by atoms with van der Waals surface area (Å²) in [6.45, 7) is 1.46. The molecule has 6 rings (SSSR count). The lowest BCUT2D eigenvalue weighted by atomic mass is 9.85. The zero-order valence-electron chi connectivity index (χ0n) is 19.7. The molecular formula is C30H28N4O. The molecule has 0 spiro atoms. The minimum atomic E-state index is 0.0144. The van der Waals surface area contributed by atoms with Crippen molar-refractivity contribution in [2.45, 2.75) is 38.8 Å². The highest BCUT2D eigenvalue weighted by Gasteiger charge is 2.20. The second-order valence-corrected chi connectivity index (χ2v) is 9.52. The number of nitrogens with one attached hydrogen (secondary N) is 1. The number of amides is 1. The first-order valence-corrected chi connectivity index (χ1v) is 12.4. The summed E-state index contributed by atoms with van der Waals surface area (Å²) in [6.07, 6.45) is 10.0. The van der Waals surface area contributed by atoms with Gasteiger partial charge in [0, 0.05) is 41.4 Å². The van der Waals surface area contributed by atoms with Crippen molar-refractivity contribution in [3.05, 3.63) is 96.6 Å². The topological polar surface area (TPSA) is 59.8 Å². The summed E-state index contributed by atoms with van der Waals surface area (Å²) in [5.74, 6) is 0.754. The predicted octanol–water partition coefficient (Wildman–Crippen LogP) is 5.91. The molecular weight excluding hydrogens is 432 g/mol. The molecule has 1 aliphatic rings. The minimum Gasteiger partial charge on any atom is -0.350 e. The summed E-state index contributed by atoms with van der Waals surface area (Å²) >= 11 is 0. The highest BCUT2D eigenvalue weighted by molar-refractivity contribution is 5.93. The molecule has 5 aromatic rings. The Kier molecular flexibility index (Phi) is 5.75. The number of hydrogen-bond acceptors (Lipinski definition) is 3. The number of carbonyl (C=O) groups is 1. The fraction of sp³-hybridized carbons (Fsp3) is 0.233. The van der Waals surface area contributed by atoms with E-state index in [0.717, 1.165) is 51.1 Å². The summed E-state index contributed by atoms with van der Waals surface area (Å²) in [5.41, 5.74) is 6.44. The van der Waals surface area contributed by atoms with E-state index in [2.05, 4.69) is 68.5 Å². The maximum atomic E-state index is 12.9. The third-order valence-corrected chi connectivity index (χ3v) is 7.12. The van der Waals surface area contributed by atoms with Crippen molar-refractivity contribution in [2.24, 2.45) is 5.92 Å². The highest BCUT2D eigenvalue weighted by atomic mass is 16.1. The van der Waals surface area contributed by atoms with Crippen molar-refractivity contribution in [3.63, 3.8) is 0 Å². The van der Waals surface area contributed by atoms with Gasteiger partial charge in [-0.3, -0.25) is 14.8 Å². The number of benzene rings is 2. The molecule has 1 aliphatic carbocycles. The van der Waals surface area contributed by atoms with Gasteiger partial charge in [0.05, 0.1) is 24.2 Å². The number of rotatable bonds is 7. The molecule has 1 fully saturated rings. The van der Waals surface area contributed by atoms with E-state index in [4.69, 9.17) is 0 Å². The Morgan fingerprint density at radius 2 is 1.80 bits per heavy atom. The van der Waals surface area contributed by atoms with Gasteiger partial charge in [-0.05, 0) is 77.9 Å². The van der Waals surface area contributed by atoms with Crippen LogP contribution in [0.2, 0.25) is 0 Å². The Bertz CT molecular complexity index is 1500. The van der Waals surface area contributed by atoms with Crippen LogP contribution in [0.4, 0.5) is 0 Å². The van der Waals surface area contributed by atoms with Gasteiger partial charge in [0.1, 0.15) is 0 Å². The van der Waals surface area contributed by atoms with Crippen molar-refractivity contribution in [1.29, 1.82) is 0 Å². The van der Waals surface area contributed by atoms with Gasteiger partial charge in [-0.1, -0.05) is 30.7 Å². The Morgan fingerprint density at radius 3 is 2.63 bits per heavy atom. The second kappa shape index (κ2) is 9.34. The molecule has 0 radical (unpaired) electrons. The molecule has 0 saturated heterocycles. The van der Waals surface area contributed by atoms with Crippen LogP contribution >= 0.6 is 0 Å². The zero-order chi connectivity index (χ0) is 23.6. The third-order valence-electron chi connectivity index (χ3n) is 7.12. The zero-order valence-corrected chi connectivity index (χ0v) is 19.7. The van der Waals surface area contributed by atoms with Gasteiger partial charge in [0.2, 0.25) is 5.91 Å². The summed E-state index contributed by atoms with van der Waals surface area (Å²) in [6, 6.07) is 22.8. The van der Waals surface area contributed by atoms with Crippen LogP contribution in [0, 0.1) is 5.92 Å². The van der Waals surface area contributed by atoms with E-state index in [1.807, 2.05) is 30.5 Å². The molecule has 1 amide bonds. The Balaban J connectivity index is 1.32. The quantitative estimate of drug-likeness (QED) is 0.328. The average Bonchev–Trinajstić information content (AvgIpc) is 3.21. The standard InChI is InChI=1S/C30H28N4O/c35-30(33-18-26-8-1-2-13-31-26)17-25-20-34(19-21-5-3-6-21)29-12-10-23(16-27(25)29)22-9-11-28-24(15-22)7-4-14-32-28/h1-2,4,7-16,20-21H,3,5-6,17-19H2,(H,33,35). The number of nitrogens with zero attached hydrogens (tertiary/aromatic N) is 3. The molecule has 0 atom stereocenters. The van der Waals surface area contributed by atoms with Crippen LogP contribution in [0.3, 0.4) is 0 Å². The fourth-order valence-electron chi connectivity index (χ4n) is 4.98. The van der Waals surface area contributed by atoms with Crippen molar-refractivity contribution in [3.8, 4) is 11.1 Å². The van der Waals surface area contributed by atoms with Crippen LogP contribution in [0.15, 0.2) is 85.3 Å². The fourth-order valence-corrected chi connectivity index (χ4v) is 4.98. The van der Waals surface area contributed by atoms with E-state index in [-0.39, 0.29) is 5.91 Å². The molecule has 2 aromatic carbocycles. The predicted molar refractivity (Wildman–Crippen MR) is 140 cm³/mol. The van der Waals surface area contributed by atoms with Gasteiger partial charge >= 0.3 is 0 Å². The third kappa shape index (κ3) is 4.54. The van der Waals surface area contributed by atoms with Crippen molar-refractivity contribution in [2.75, 3.05) is 0 Å². The normalized spacial score (nSPS) is 13.7. The number of hydrogen-bond donors (Lipinski definition) is 1. The molecule has 5 nitrogen and oxygen atoms in total. The first-order valence-electron chi connectivity index (χ1n) is 12.4. The molecule has 3 heterocycles. The smallest absolute Gasteiger partial charge is 0.224 e. The number of fused-ring (bicyclic) bond motifs is 2. The Labute approximate surface area is 204 Å². The summed E-state index contributed by atoms with van der Waals surface area (Å²) in [5, 5.41) is 5.31. The van der Waals surface area contributed by atoms with Crippen LogP contribution in [0.25, 0.3) is 32.9 Å². The van der Waals surface area contributed by atoms with E-state index >= 15 is 0 Å². The molecule has 35 heavy (non-hydrogen) atoms. The molecule has 0 aliphatic heterocycles. The maximum absolute atomic E-state index is 12.9. The lowest BCUT2D eigenvalue weighted by Gasteiger charge is -2.26.